The second kappa shape index (κ2) is 4.05. The Kier molecular flexibility index (Phi) is 2.99. The number of nitrogens with zero attached hydrogens (tertiary/aromatic N) is 2. The highest BCUT2D eigenvalue weighted by molar-refractivity contribution is 9.10. The van der Waals surface area contributed by atoms with Gasteiger partial charge in [0.25, 0.3) is 0 Å². The molecule has 72 valence electrons. The summed E-state index contributed by atoms with van der Waals surface area (Å²) in [4.78, 5) is 0. The molecule has 1 aliphatic rings. The second-order valence-corrected chi connectivity index (χ2v) is 5.44. The molecule has 1 saturated heterocycles. The summed E-state index contributed by atoms with van der Waals surface area (Å²) in [5, 5.41) is 4.31. The molecule has 0 saturated carbocycles. The van der Waals surface area contributed by atoms with Crippen molar-refractivity contribution in [1.82, 2.24) is 9.78 Å². The summed E-state index contributed by atoms with van der Waals surface area (Å²) < 4.78 is 2.97. The Labute approximate surface area is 91.2 Å². The van der Waals surface area contributed by atoms with Gasteiger partial charge in [0.2, 0.25) is 0 Å². The number of hydrogen-bond acceptors (Lipinski definition) is 2. The average Bonchev–Trinajstić information content (AvgIpc) is 2.47. The van der Waals surface area contributed by atoms with Gasteiger partial charge in [-0.3, -0.25) is 4.68 Å². The van der Waals surface area contributed by atoms with E-state index in [2.05, 4.69) is 38.9 Å². The van der Waals surface area contributed by atoms with E-state index in [4.69, 9.17) is 0 Å². The highest BCUT2D eigenvalue weighted by Gasteiger charge is 2.19. The van der Waals surface area contributed by atoms with E-state index in [1.165, 1.54) is 30.0 Å². The SMILES string of the molecule is Cn1nc(Br)cc1C1CCSCC1. The fraction of sp³-hybridized carbons (Fsp3) is 0.667. The van der Waals surface area contributed by atoms with E-state index in [9.17, 15) is 0 Å². The van der Waals surface area contributed by atoms with Gasteiger partial charge in [0.1, 0.15) is 4.60 Å². The predicted octanol–water partition coefficient (Wildman–Crippen LogP) is 2.79. The standard InChI is InChI=1S/C9H13BrN2S/c1-12-8(6-9(10)11-12)7-2-4-13-5-3-7/h6-7H,2-5H2,1H3. The van der Waals surface area contributed by atoms with Crippen molar-refractivity contribution in [3.05, 3.63) is 16.4 Å². The molecule has 0 N–H and O–H groups in total. The van der Waals surface area contributed by atoms with Crippen LogP contribution in [0.3, 0.4) is 0 Å². The van der Waals surface area contributed by atoms with E-state index in [0.717, 1.165) is 10.5 Å². The predicted molar refractivity (Wildman–Crippen MR) is 60.2 cm³/mol. The van der Waals surface area contributed by atoms with Crippen molar-refractivity contribution in [3.63, 3.8) is 0 Å². The van der Waals surface area contributed by atoms with Crippen LogP contribution >= 0.6 is 27.7 Å². The van der Waals surface area contributed by atoms with Crippen LogP contribution in [0.25, 0.3) is 0 Å². The first-order valence-electron chi connectivity index (χ1n) is 4.54. The Bertz CT molecular complexity index is 292. The number of rotatable bonds is 1. The molecule has 0 aromatic carbocycles. The molecule has 0 radical (unpaired) electrons. The zero-order valence-corrected chi connectivity index (χ0v) is 10.1. The van der Waals surface area contributed by atoms with Crippen molar-refractivity contribution in [1.29, 1.82) is 0 Å². The molecule has 0 unspecified atom stereocenters. The molecule has 1 aromatic rings. The number of aromatic nitrogens is 2. The summed E-state index contributed by atoms with van der Waals surface area (Å²) in [7, 11) is 2.03. The third-order valence-electron chi connectivity index (χ3n) is 2.53. The Balaban J connectivity index is 2.18. The summed E-state index contributed by atoms with van der Waals surface area (Å²) in [6.45, 7) is 0. The molecule has 0 aliphatic carbocycles. The van der Waals surface area contributed by atoms with Crippen molar-refractivity contribution in [2.75, 3.05) is 11.5 Å². The van der Waals surface area contributed by atoms with Gasteiger partial charge in [0.05, 0.1) is 0 Å². The zero-order valence-electron chi connectivity index (χ0n) is 7.66. The molecule has 1 aromatic heterocycles. The van der Waals surface area contributed by atoms with Crippen LogP contribution in [-0.2, 0) is 7.05 Å². The van der Waals surface area contributed by atoms with E-state index >= 15 is 0 Å². The molecular weight excluding hydrogens is 248 g/mol. The summed E-state index contributed by atoms with van der Waals surface area (Å²) >= 11 is 5.48. The molecule has 13 heavy (non-hydrogen) atoms. The maximum atomic E-state index is 4.31. The van der Waals surface area contributed by atoms with Crippen LogP contribution in [0.4, 0.5) is 0 Å². The molecule has 1 fully saturated rings. The maximum Gasteiger partial charge on any atom is 0.128 e. The van der Waals surface area contributed by atoms with Crippen molar-refractivity contribution in [2.24, 2.45) is 7.05 Å². The first kappa shape index (κ1) is 9.59. The van der Waals surface area contributed by atoms with Gasteiger partial charge in [0, 0.05) is 18.7 Å². The third-order valence-corrected chi connectivity index (χ3v) is 3.96. The summed E-state index contributed by atoms with van der Waals surface area (Å²) in [5.74, 6) is 3.33. The van der Waals surface area contributed by atoms with Gasteiger partial charge in [-0.15, -0.1) is 0 Å². The average molecular weight is 261 g/mol. The highest BCUT2D eigenvalue weighted by atomic mass is 79.9. The number of hydrogen-bond donors (Lipinski definition) is 0. The van der Waals surface area contributed by atoms with Gasteiger partial charge in [0.15, 0.2) is 0 Å². The topological polar surface area (TPSA) is 17.8 Å². The lowest BCUT2D eigenvalue weighted by Crippen LogP contribution is -2.11. The molecule has 1 aliphatic heterocycles. The lowest BCUT2D eigenvalue weighted by atomic mass is 9.99. The van der Waals surface area contributed by atoms with Gasteiger partial charge in [-0.05, 0) is 46.3 Å². The Morgan fingerprint density at radius 1 is 1.54 bits per heavy atom. The fourth-order valence-corrected chi connectivity index (χ4v) is 3.40. The van der Waals surface area contributed by atoms with Crippen LogP contribution in [0, 0.1) is 0 Å². The normalized spacial score (nSPS) is 19.2. The molecule has 0 spiro atoms. The Morgan fingerprint density at radius 2 is 2.23 bits per heavy atom. The van der Waals surface area contributed by atoms with E-state index in [-0.39, 0.29) is 0 Å². The van der Waals surface area contributed by atoms with Gasteiger partial charge in [-0.2, -0.15) is 16.9 Å². The summed E-state index contributed by atoms with van der Waals surface area (Å²) in [6.07, 6.45) is 2.60. The molecule has 0 bridgehead atoms. The van der Waals surface area contributed by atoms with Gasteiger partial charge in [-0.25, -0.2) is 0 Å². The van der Waals surface area contributed by atoms with Crippen LogP contribution in [-0.4, -0.2) is 21.3 Å². The molecular formula is C9H13BrN2S. The minimum Gasteiger partial charge on any atom is -0.271 e. The fourth-order valence-electron chi connectivity index (χ4n) is 1.82. The first-order chi connectivity index (χ1) is 6.27. The van der Waals surface area contributed by atoms with Crippen LogP contribution in [0.15, 0.2) is 10.7 Å². The Hall–Kier alpha value is 0.0400. The molecule has 2 heterocycles. The van der Waals surface area contributed by atoms with Crippen molar-refractivity contribution in [3.8, 4) is 0 Å². The number of thioether (sulfide) groups is 1. The lowest BCUT2D eigenvalue weighted by molar-refractivity contribution is 0.570. The molecule has 0 amide bonds. The van der Waals surface area contributed by atoms with Gasteiger partial charge >= 0.3 is 0 Å². The first-order valence-corrected chi connectivity index (χ1v) is 6.49. The molecule has 2 nitrogen and oxygen atoms in total. The van der Waals surface area contributed by atoms with Crippen LogP contribution in [0.5, 0.6) is 0 Å². The highest BCUT2D eigenvalue weighted by Crippen LogP contribution is 2.32. The molecule has 4 heteroatoms. The van der Waals surface area contributed by atoms with E-state index < -0.39 is 0 Å². The minimum atomic E-state index is 0.727. The zero-order chi connectivity index (χ0) is 9.26. The third kappa shape index (κ3) is 2.10. The Morgan fingerprint density at radius 3 is 2.77 bits per heavy atom. The summed E-state index contributed by atoms with van der Waals surface area (Å²) in [6, 6.07) is 2.15. The second-order valence-electron chi connectivity index (χ2n) is 3.40. The van der Waals surface area contributed by atoms with E-state index in [0.29, 0.717) is 0 Å². The van der Waals surface area contributed by atoms with Crippen LogP contribution < -0.4 is 0 Å². The molecule has 0 atom stereocenters. The summed E-state index contributed by atoms with van der Waals surface area (Å²) in [5.41, 5.74) is 1.38. The van der Waals surface area contributed by atoms with E-state index in [1.54, 1.807) is 0 Å². The van der Waals surface area contributed by atoms with Crippen molar-refractivity contribution < 1.29 is 0 Å². The quantitative estimate of drug-likeness (QED) is 0.773. The smallest absolute Gasteiger partial charge is 0.128 e. The van der Waals surface area contributed by atoms with Gasteiger partial charge < -0.3 is 0 Å². The number of halogens is 1. The van der Waals surface area contributed by atoms with Gasteiger partial charge in [-0.1, -0.05) is 0 Å². The van der Waals surface area contributed by atoms with Crippen LogP contribution in [0.2, 0.25) is 0 Å². The van der Waals surface area contributed by atoms with E-state index in [1.807, 2.05) is 11.7 Å². The maximum absolute atomic E-state index is 4.31. The minimum absolute atomic E-state index is 0.727. The van der Waals surface area contributed by atoms with Crippen LogP contribution in [0.1, 0.15) is 24.5 Å². The van der Waals surface area contributed by atoms with Crippen molar-refractivity contribution in [2.45, 2.75) is 18.8 Å². The number of aryl methyl sites for hydroxylation is 1. The monoisotopic (exact) mass is 260 g/mol. The van der Waals surface area contributed by atoms with Crippen molar-refractivity contribution >= 4 is 27.7 Å². The largest absolute Gasteiger partial charge is 0.271 e. The lowest BCUT2D eigenvalue weighted by Gasteiger charge is -2.21. The molecule has 2 rings (SSSR count).